The van der Waals surface area contributed by atoms with Gasteiger partial charge in [0.05, 0.1) is 0 Å². The maximum Gasteiger partial charge on any atom is 0.221 e. The number of anilines is 1. The molecule has 1 aliphatic rings. The molecule has 1 aliphatic heterocycles. The van der Waals surface area contributed by atoms with E-state index in [2.05, 4.69) is 35.0 Å². The highest BCUT2D eigenvalue weighted by Crippen LogP contribution is 2.09. The average molecular weight is 261 g/mol. The maximum atomic E-state index is 11.4. The van der Waals surface area contributed by atoms with Crippen LogP contribution in [0.1, 0.15) is 26.2 Å². The number of nitrogens with one attached hydrogen (secondary N) is 3. The normalized spacial score (nSPS) is 22.9. The van der Waals surface area contributed by atoms with Gasteiger partial charge in [-0.25, -0.2) is 0 Å². The molecule has 0 spiro atoms. The highest BCUT2D eigenvalue weighted by Gasteiger charge is 2.22. The molecule has 1 heterocycles. The third-order valence-electron chi connectivity index (χ3n) is 3.37. The van der Waals surface area contributed by atoms with Gasteiger partial charge >= 0.3 is 0 Å². The second-order valence-electron chi connectivity index (χ2n) is 5.21. The molecule has 4 nitrogen and oxygen atoms in total. The summed E-state index contributed by atoms with van der Waals surface area (Å²) in [5.74, 6) is 0.165. The van der Waals surface area contributed by atoms with Crippen molar-refractivity contribution in [2.24, 2.45) is 0 Å². The number of hydrogen-bond donors (Lipinski definition) is 3. The third kappa shape index (κ3) is 4.91. The summed E-state index contributed by atoms with van der Waals surface area (Å²) in [6, 6.07) is 10.8. The standard InChI is InChI=1S/C15H23N3O/c1-12-10-14(11-15(19)18-12)17-9-5-8-16-13-6-3-2-4-7-13/h2-4,6-7,12,14,16-17H,5,8-11H2,1H3,(H,18,19). The van der Waals surface area contributed by atoms with Gasteiger partial charge in [-0.1, -0.05) is 18.2 Å². The van der Waals surface area contributed by atoms with Crippen molar-refractivity contribution in [3.8, 4) is 0 Å². The number of benzene rings is 1. The van der Waals surface area contributed by atoms with Gasteiger partial charge in [0.1, 0.15) is 0 Å². The van der Waals surface area contributed by atoms with Crippen molar-refractivity contribution < 1.29 is 4.79 Å². The molecular formula is C15H23N3O. The minimum absolute atomic E-state index is 0.165. The van der Waals surface area contributed by atoms with Gasteiger partial charge in [0, 0.05) is 30.7 Å². The third-order valence-corrected chi connectivity index (χ3v) is 3.37. The zero-order valence-electron chi connectivity index (χ0n) is 11.5. The zero-order chi connectivity index (χ0) is 13.5. The number of carbonyl (C=O) groups excluding carboxylic acids is 1. The van der Waals surface area contributed by atoms with Crippen LogP contribution in [-0.2, 0) is 4.79 Å². The number of para-hydroxylation sites is 1. The van der Waals surface area contributed by atoms with Gasteiger partial charge in [-0.05, 0) is 38.4 Å². The Kier molecular flexibility index (Phi) is 5.21. The Bertz CT molecular complexity index is 394. The fraction of sp³-hybridized carbons (Fsp3) is 0.533. The Morgan fingerprint density at radius 3 is 2.79 bits per heavy atom. The second-order valence-corrected chi connectivity index (χ2v) is 5.21. The Labute approximate surface area is 115 Å². The van der Waals surface area contributed by atoms with E-state index in [0.717, 1.165) is 31.6 Å². The van der Waals surface area contributed by atoms with Crippen molar-refractivity contribution in [1.29, 1.82) is 0 Å². The van der Waals surface area contributed by atoms with Crippen LogP contribution in [0.15, 0.2) is 30.3 Å². The predicted molar refractivity (Wildman–Crippen MR) is 78.2 cm³/mol. The molecule has 1 aromatic carbocycles. The van der Waals surface area contributed by atoms with E-state index in [1.54, 1.807) is 0 Å². The van der Waals surface area contributed by atoms with Gasteiger partial charge in [-0.2, -0.15) is 0 Å². The first-order chi connectivity index (χ1) is 9.24. The van der Waals surface area contributed by atoms with Gasteiger partial charge in [0.2, 0.25) is 5.91 Å². The summed E-state index contributed by atoms with van der Waals surface area (Å²) in [6.45, 7) is 3.96. The molecule has 1 amide bonds. The van der Waals surface area contributed by atoms with E-state index < -0.39 is 0 Å². The zero-order valence-corrected chi connectivity index (χ0v) is 11.5. The van der Waals surface area contributed by atoms with Gasteiger partial charge < -0.3 is 16.0 Å². The maximum absolute atomic E-state index is 11.4. The Balaban J connectivity index is 1.58. The molecular weight excluding hydrogens is 238 g/mol. The van der Waals surface area contributed by atoms with E-state index in [-0.39, 0.29) is 5.91 Å². The van der Waals surface area contributed by atoms with E-state index in [0.29, 0.717) is 18.5 Å². The topological polar surface area (TPSA) is 53.2 Å². The molecule has 0 bridgehead atoms. The summed E-state index contributed by atoms with van der Waals surface area (Å²) in [6.07, 6.45) is 2.69. The minimum Gasteiger partial charge on any atom is -0.385 e. The average Bonchev–Trinajstić information content (AvgIpc) is 2.38. The molecule has 19 heavy (non-hydrogen) atoms. The van der Waals surface area contributed by atoms with E-state index in [4.69, 9.17) is 0 Å². The Hall–Kier alpha value is -1.55. The first-order valence-corrected chi connectivity index (χ1v) is 7.05. The van der Waals surface area contributed by atoms with Crippen LogP contribution in [0.4, 0.5) is 5.69 Å². The molecule has 2 atom stereocenters. The lowest BCUT2D eigenvalue weighted by molar-refractivity contribution is -0.123. The molecule has 1 aromatic rings. The number of carbonyl (C=O) groups is 1. The summed E-state index contributed by atoms with van der Waals surface area (Å²) in [4.78, 5) is 11.4. The fourth-order valence-electron chi connectivity index (χ4n) is 2.47. The molecule has 0 aliphatic carbocycles. The van der Waals surface area contributed by atoms with Crippen LogP contribution in [0.2, 0.25) is 0 Å². The molecule has 2 unspecified atom stereocenters. The molecule has 104 valence electrons. The molecule has 2 rings (SSSR count). The molecule has 3 N–H and O–H groups in total. The van der Waals surface area contributed by atoms with E-state index >= 15 is 0 Å². The summed E-state index contributed by atoms with van der Waals surface area (Å²) in [5.41, 5.74) is 1.16. The van der Waals surface area contributed by atoms with Crippen LogP contribution in [0.5, 0.6) is 0 Å². The van der Waals surface area contributed by atoms with Crippen molar-refractivity contribution in [3.05, 3.63) is 30.3 Å². The van der Waals surface area contributed by atoms with Gasteiger partial charge in [0.15, 0.2) is 0 Å². The van der Waals surface area contributed by atoms with Crippen molar-refractivity contribution in [2.75, 3.05) is 18.4 Å². The van der Waals surface area contributed by atoms with Crippen molar-refractivity contribution in [3.63, 3.8) is 0 Å². The molecule has 0 aromatic heterocycles. The summed E-state index contributed by atoms with van der Waals surface area (Å²) >= 11 is 0. The molecule has 1 saturated heterocycles. The smallest absolute Gasteiger partial charge is 0.221 e. The van der Waals surface area contributed by atoms with Crippen LogP contribution in [-0.4, -0.2) is 31.1 Å². The van der Waals surface area contributed by atoms with Crippen LogP contribution < -0.4 is 16.0 Å². The van der Waals surface area contributed by atoms with Gasteiger partial charge in [0.25, 0.3) is 0 Å². The highest BCUT2D eigenvalue weighted by atomic mass is 16.1. The van der Waals surface area contributed by atoms with Crippen molar-refractivity contribution >= 4 is 11.6 Å². The lowest BCUT2D eigenvalue weighted by Crippen LogP contribution is -2.48. The van der Waals surface area contributed by atoms with Gasteiger partial charge in [-0.3, -0.25) is 4.79 Å². The Morgan fingerprint density at radius 1 is 1.26 bits per heavy atom. The molecule has 0 saturated carbocycles. The van der Waals surface area contributed by atoms with Crippen LogP contribution in [0, 0.1) is 0 Å². The highest BCUT2D eigenvalue weighted by molar-refractivity contribution is 5.77. The fourth-order valence-corrected chi connectivity index (χ4v) is 2.47. The van der Waals surface area contributed by atoms with Crippen LogP contribution in [0.3, 0.4) is 0 Å². The summed E-state index contributed by atoms with van der Waals surface area (Å²) < 4.78 is 0. The monoisotopic (exact) mass is 261 g/mol. The predicted octanol–water partition coefficient (Wildman–Crippen LogP) is 1.75. The van der Waals surface area contributed by atoms with Crippen LogP contribution in [0.25, 0.3) is 0 Å². The van der Waals surface area contributed by atoms with E-state index in [1.807, 2.05) is 18.2 Å². The number of piperidine rings is 1. The Morgan fingerprint density at radius 2 is 2.05 bits per heavy atom. The SMILES string of the molecule is CC1CC(NCCCNc2ccccc2)CC(=O)N1. The lowest BCUT2D eigenvalue weighted by Gasteiger charge is -2.28. The first kappa shape index (κ1) is 13.9. The quantitative estimate of drug-likeness (QED) is 0.684. The van der Waals surface area contributed by atoms with Crippen molar-refractivity contribution in [2.45, 2.75) is 38.3 Å². The summed E-state index contributed by atoms with van der Waals surface area (Å²) in [5, 5.41) is 9.79. The molecule has 4 heteroatoms. The molecule has 1 fully saturated rings. The minimum atomic E-state index is 0.165. The van der Waals surface area contributed by atoms with Crippen molar-refractivity contribution in [1.82, 2.24) is 10.6 Å². The number of rotatable bonds is 6. The second kappa shape index (κ2) is 7.14. The van der Waals surface area contributed by atoms with Crippen LogP contribution >= 0.6 is 0 Å². The molecule has 0 radical (unpaired) electrons. The largest absolute Gasteiger partial charge is 0.385 e. The number of amides is 1. The number of hydrogen-bond acceptors (Lipinski definition) is 3. The lowest BCUT2D eigenvalue weighted by atomic mass is 10.00. The van der Waals surface area contributed by atoms with Gasteiger partial charge in [-0.15, -0.1) is 0 Å². The van der Waals surface area contributed by atoms with E-state index in [1.165, 1.54) is 0 Å². The first-order valence-electron chi connectivity index (χ1n) is 7.05. The summed E-state index contributed by atoms with van der Waals surface area (Å²) in [7, 11) is 0. The van der Waals surface area contributed by atoms with E-state index in [9.17, 15) is 4.79 Å².